The Bertz CT molecular complexity index is 1040. The van der Waals surface area contributed by atoms with Crippen molar-refractivity contribution in [1.29, 1.82) is 0 Å². The van der Waals surface area contributed by atoms with Crippen LogP contribution in [0.3, 0.4) is 0 Å². The topological polar surface area (TPSA) is 64.8 Å². The average molecular weight is 491 g/mol. The Morgan fingerprint density at radius 3 is 2.67 bits per heavy atom. The lowest BCUT2D eigenvalue weighted by Gasteiger charge is -2.29. The fraction of sp³-hybridized carbons (Fsp3) is 0.516. The van der Waals surface area contributed by atoms with E-state index >= 15 is 0 Å². The van der Waals surface area contributed by atoms with Gasteiger partial charge in [-0.05, 0) is 66.4 Å². The van der Waals surface area contributed by atoms with E-state index in [-0.39, 0.29) is 17.4 Å². The van der Waals surface area contributed by atoms with Crippen LogP contribution in [0.1, 0.15) is 69.9 Å². The molecule has 1 unspecified atom stereocenters. The number of nitrogens with two attached hydrogens (primary N) is 1. The number of nitrogens with zero attached hydrogens (tertiary/aromatic N) is 1. The van der Waals surface area contributed by atoms with E-state index in [9.17, 15) is 4.79 Å². The molecule has 1 fully saturated rings. The first-order valence-corrected chi connectivity index (χ1v) is 13.6. The van der Waals surface area contributed by atoms with Gasteiger partial charge in [0.2, 0.25) is 5.91 Å². The molecule has 2 N–H and O–H groups in total. The smallest absolute Gasteiger partial charge is 0.222 e. The molecular formula is C31H42N2O3. The van der Waals surface area contributed by atoms with E-state index in [4.69, 9.17) is 15.2 Å². The molecule has 0 spiro atoms. The van der Waals surface area contributed by atoms with Gasteiger partial charge in [-0.25, -0.2) is 0 Å². The summed E-state index contributed by atoms with van der Waals surface area (Å²) in [4.78, 5) is 14.4. The zero-order valence-electron chi connectivity index (χ0n) is 22.0. The lowest BCUT2D eigenvalue weighted by Crippen LogP contribution is -2.40. The number of benzene rings is 2. The highest BCUT2D eigenvalue weighted by molar-refractivity contribution is 5.76. The molecular weight excluding hydrogens is 448 g/mol. The molecule has 5 heteroatoms. The third-order valence-corrected chi connectivity index (χ3v) is 7.59. The Hall–Kier alpha value is -2.63. The Balaban J connectivity index is 1.48. The van der Waals surface area contributed by atoms with E-state index in [0.717, 1.165) is 74.1 Å². The van der Waals surface area contributed by atoms with Gasteiger partial charge in [0.05, 0.1) is 13.2 Å². The van der Waals surface area contributed by atoms with Crippen LogP contribution in [0, 0.1) is 0 Å². The van der Waals surface area contributed by atoms with E-state index in [1.807, 2.05) is 11.0 Å². The van der Waals surface area contributed by atoms with Crippen LogP contribution in [-0.4, -0.2) is 43.2 Å². The van der Waals surface area contributed by atoms with Crippen LogP contribution in [0.15, 0.2) is 54.6 Å². The summed E-state index contributed by atoms with van der Waals surface area (Å²) in [5, 5.41) is 0. The largest absolute Gasteiger partial charge is 0.486 e. The summed E-state index contributed by atoms with van der Waals surface area (Å²) in [5.41, 5.74) is 10.7. The van der Waals surface area contributed by atoms with E-state index in [2.05, 4.69) is 62.4 Å². The average Bonchev–Trinajstić information content (AvgIpc) is 2.92. The second kappa shape index (κ2) is 12.6. The first kappa shape index (κ1) is 26.4. The van der Waals surface area contributed by atoms with Crippen LogP contribution in [0.4, 0.5) is 0 Å². The number of ether oxygens (including phenoxy) is 2. The normalized spacial score (nSPS) is 18.3. The van der Waals surface area contributed by atoms with Crippen molar-refractivity contribution in [3.8, 4) is 16.9 Å². The van der Waals surface area contributed by atoms with Crippen molar-refractivity contribution in [1.82, 2.24) is 4.90 Å². The van der Waals surface area contributed by atoms with Gasteiger partial charge < -0.3 is 20.1 Å². The summed E-state index contributed by atoms with van der Waals surface area (Å²) in [6.45, 7) is 7.85. The summed E-state index contributed by atoms with van der Waals surface area (Å²) in [6, 6.07) is 15.0. The minimum atomic E-state index is -0.0194. The van der Waals surface area contributed by atoms with E-state index in [0.29, 0.717) is 26.2 Å². The SMILES string of the molecule is CC(C)(CCCCC(=O)N1CCOCC1)c1ccc(-c2ccccc2CN)c(OC2C=CCCC2)c1. The number of carbonyl (C=O) groups is 1. The molecule has 1 atom stereocenters. The molecule has 4 rings (SSSR count). The summed E-state index contributed by atoms with van der Waals surface area (Å²) in [7, 11) is 0. The van der Waals surface area contributed by atoms with Crippen molar-refractivity contribution >= 4 is 5.91 Å². The van der Waals surface area contributed by atoms with Gasteiger partial charge in [0.1, 0.15) is 11.9 Å². The standard InChI is InChI=1S/C31H42N2O3/c1-31(2,17-9-8-14-30(34)33-18-20-35-21-19-33)25-15-16-28(27-13-7-6-10-24(27)23-32)29(22-25)36-26-11-4-3-5-12-26/h4,6-7,10-11,13,15-16,22,26H,3,5,8-9,12,14,17-21,23,32H2,1-2H3. The van der Waals surface area contributed by atoms with Gasteiger partial charge in [0, 0.05) is 31.6 Å². The van der Waals surface area contributed by atoms with Gasteiger partial charge >= 0.3 is 0 Å². The Morgan fingerprint density at radius 2 is 1.92 bits per heavy atom. The monoisotopic (exact) mass is 490 g/mol. The molecule has 0 radical (unpaired) electrons. The third-order valence-electron chi connectivity index (χ3n) is 7.59. The predicted molar refractivity (Wildman–Crippen MR) is 146 cm³/mol. The maximum absolute atomic E-state index is 12.5. The molecule has 2 aromatic carbocycles. The maximum atomic E-state index is 12.5. The zero-order valence-corrected chi connectivity index (χ0v) is 22.0. The number of morpholine rings is 1. The number of rotatable bonds is 10. The second-order valence-corrected chi connectivity index (χ2v) is 10.7. The van der Waals surface area contributed by atoms with Crippen LogP contribution in [0.5, 0.6) is 5.75 Å². The minimum Gasteiger partial charge on any atom is -0.486 e. The van der Waals surface area contributed by atoms with Gasteiger partial charge in [0.15, 0.2) is 0 Å². The summed E-state index contributed by atoms with van der Waals surface area (Å²) in [6.07, 6.45) is 11.4. The van der Waals surface area contributed by atoms with Crippen LogP contribution in [0.2, 0.25) is 0 Å². The number of allylic oxidation sites excluding steroid dienone is 1. The molecule has 0 saturated carbocycles. The lowest BCUT2D eigenvalue weighted by molar-refractivity contribution is -0.135. The Kier molecular flexibility index (Phi) is 9.22. The molecule has 0 bridgehead atoms. The quantitative estimate of drug-likeness (QED) is 0.328. The summed E-state index contributed by atoms with van der Waals surface area (Å²) < 4.78 is 12.0. The molecule has 2 aromatic rings. The number of carbonyl (C=O) groups excluding carboxylic acids is 1. The Labute approximate surface area is 216 Å². The second-order valence-electron chi connectivity index (χ2n) is 10.7. The van der Waals surface area contributed by atoms with E-state index < -0.39 is 0 Å². The summed E-state index contributed by atoms with van der Waals surface area (Å²) >= 11 is 0. The molecule has 36 heavy (non-hydrogen) atoms. The van der Waals surface area contributed by atoms with Crippen LogP contribution < -0.4 is 10.5 Å². The highest BCUT2D eigenvalue weighted by Gasteiger charge is 2.24. The summed E-state index contributed by atoms with van der Waals surface area (Å²) in [5.74, 6) is 1.19. The van der Waals surface area contributed by atoms with Crippen molar-refractivity contribution in [3.63, 3.8) is 0 Å². The molecule has 1 aliphatic heterocycles. The first-order chi connectivity index (χ1) is 17.5. The number of hydrogen-bond donors (Lipinski definition) is 1. The van der Waals surface area contributed by atoms with Crippen molar-refractivity contribution in [2.24, 2.45) is 5.73 Å². The molecule has 194 valence electrons. The van der Waals surface area contributed by atoms with Crippen LogP contribution >= 0.6 is 0 Å². The fourth-order valence-electron chi connectivity index (χ4n) is 5.23. The van der Waals surface area contributed by atoms with Gasteiger partial charge in [-0.1, -0.05) is 62.7 Å². The highest BCUT2D eigenvalue weighted by Crippen LogP contribution is 2.39. The van der Waals surface area contributed by atoms with Crippen molar-refractivity contribution in [2.45, 2.75) is 76.9 Å². The van der Waals surface area contributed by atoms with Gasteiger partial charge in [-0.15, -0.1) is 0 Å². The molecule has 1 amide bonds. The molecule has 1 aliphatic carbocycles. The van der Waals surface area contributed by atoms with Gasteiger partial charge in [-0.3, -0.25) is 4.79 Å². The maximum Gasteiger partial charge on any atom is 0.222 e. The molecule has 1 saturated heterocycles. The minimum absolute atomic E-state index is 0.0194. The highest BCUT2D eigenvalue weighted by atomic mass is 16.5. The van der Waals surface area contributed by atoms with Crippen molar-refractivity contribution in [3.05, 3.63) is 65.7 Å². The Morgan fingerprint density at radius 1 is 1.11 bits per heavy atom. The van der Waals surface area contributed by atoms with Crippen molar-refractivity contribution < 1.29 is 14.3 Å². The number of amides is 1. The first-order valence-electron chi connectivity index (χ1n) is 13.6. The molecule has 2 aliphatic rings. The van der Waals surface area contributed by atoms with Crippen molar-refractivity contribution in [2.75, 3.05) is 26.3 Å². The molecule has 5 nitrogen and oxygen atoms in total. The van der Waals surface area contributed by atoms with E-state index in [1.165, 1.54) is 5.56 Å². The number of hydrogen-bond acceptors (Lipinski definition) is 4. The van der Waals surface area contributed by atoms with Crippen LogP contribution in [-0.2, 0) is 21.5 Å². The zero-order chi connectivity index (χ0) is 25.4. The van der Waals surface area contributed by atoms with E-state index in [1.54, 1.807) is 0 Å². The van der Waals surface area contributed by atoms with Gasteiger partial charge in [-0.2, -0.15) is 0 Å². The van der Waals surface area contributed by atoms with Gasteiger partial charge in [0.25, 0.3) is 0 Å². The van der Waals surface area contributed by atoms with Crippen LogP contribution in [0.25, 0.3) is 11.1 Å². The molecule has 0 aromatic heterocycles. The predicted octanol–water partition coefficient (Wildman–Crippen LogP) is 6.00. The third kappa shape index (κ3) is 6.77. The number of unbranched alkanes of at least 4 members (excludes halogenated alkanes) is 1. The lowest BCUT2D eigenvalue weighted by atomic mass is 9.79. The molecule has 1 heterocycles. The fourth-order valence-corrected chi connectivity index (χ4v) is 5.23.